The van der Waals surface area contributed by atoms with Crippen molar-refractivity contribution in [3.8, 4) is 0 Å². The Morgan fingerprint density at radius 2 is 1.67 bits per heavy atom. The molecule has 4 fully saturated rings. The quantitative estimate of drug-likeness (QED) is 0.705. The van der Waals surface area contributed by atoms with Gasteiger partial charge in [-0.05, 0) is 34.1 Å². The standard InChI is InChI=1S/C15H25O8P/c1-14(2)16-8-9(20-14)10-11(23-24-17-6-5-7-18-24)12-13(19-10)22-15(3,4)21-12/h9-13H,5-8H2,1-4H3/t9-,10+,11-,12+,13+/m0/s1. The summed E-state index contributed by atoms with van der Waals surface area (Å²) in [6, 6.07) is 0. The second-order valence-corrected chi connectivity index (χ2v) is 8.42. The van der Waals surface area contributed by atoms with Gasteiger partial charge in [-0.3, -0.25) is 0 Å². The van der Waals surface area contributed by atoms with E-state index in [1.54, 1.807) is 0 Å². The molecule has 0 aliphatic carbocycles. The molecule has 0 aromatic rings. The zero-order valence-electron chi connectivity index (χ0n) is 14.4. The van der Waals surface area contributed by atoms with Crippen LogP contribution in [0.1, 0.15) is 34.1 Å². The van der Waals surface area contributed by atoms with Crippen LogP contribution in [-0.4, -0.2) is 62.1 Å². The second-order valence-electron chi connectivity index (χ2n) is 7.25. The van der Waals surface area contributed by atoms with Crippen LogP contribution >= 0.6 is 8.60 Å². The van der Waals surface area contributed by atoms with E-state index in [9.17, 15) is 0 Å². The average molecular weight is 364 g/mol. The van der Waals surface area contributed by atoms with E-state index in [0.29, 0.717) is 19.8 Å². The van der Waals surface area contributed by atoms with Crippen molar-refractivity contribution in [2.75, 3.05) is 19.8 Å². The third kappa shape index (κ3) is 3.49. The minimum Gasteiger partial charge on any atom is -0.348 e. The highest BCUT2D eigenvalue weighted by molar-refractivity contribution is 7.41. The van der Waals surface area contributed by atoms with Crippen LogP contribution < -0.4 is 0 Å². The largest absolute Gasteiger partial charge is 0.348 e. The van der Waals surface area contributed by atoms with Crippen molar-refractivity contribution in [2.45, 2.75) is 76.4 Å². The van der Waals surface area contributed by atoms with Crippen LogP contribution in [0.15, 0.2) is 0 Å². The van der Waals surface area contributed by atoms with Crippen LogP contribution in [0.5, 0.6) is 0 Å². The molecule has 0 aromatic heterocycles. The molecular weight excluding hydrogens is 339 g/mol. The molecule has 4 heterocycles. The number of hydrogen-bond acceptors (Lipinski definition) is 8. The first-order valence-electron chi connectivity index (χ1n) is 8.39. The Morgan fingerprint density at radius 1 is 0.917 bits per heavy atom. The lowest BCUT2D eigenvalue weighted by atomic mass is 10.1. The Labute approximate surface area is 142 Å². The van der Waals surface area contributed by atoms with E-state index in [2.05, 4.69) is 0 Å². The van der Waals surface area contributed by atoms with Crippen LogP contribution in [0.4, 0.5) is 0 Å². The van der Waals surface area contributed by atoms with Gasteiger partial charge in [-0.25, -0.2) is 0 Å². The van der Waals surface area contributed by atoms with Crippen molar-refractivity contribution in [1.82, 2.24) is 0 Å². The van der Waals surface area contributed by atoms with Gasteiger partial charge in [0, 0.05) is 0 Å². The van der Waals surface area contributed by atoms with Gasteiger partial charge in [0.15, 0.2) is 17.9 Å². The lowest BCUT2D eigenvalue weighted by molar-refractivity contribution is -0.231. The van der Waals surface area contributed by atoms with E-state index in [1.807, 2.05) is 27.7 Å². The second kappa shape index (κ2) is 6.37. The maximum Gasteiger partial charge on any atom is 0.333 e. The smallest absolute Gasteiger partial charge is 0.333 e. The van der Waals surface area contributed by atoms with Crippen molar-refractivity contribution in [3.63, 3.8) is 0 Å². The number of hydrogen-bond donors (Lipinski definition) is 0. The molecule has 8 nitrogen and oxygen atoms in total. The van der Waals surface area contributed by atoms with Crippen LogP contribution in [0.2, 0.25) is 0 Å². The highest BCUT2D eigenvalue weighted by Gasteiger charge is 2.59. The van der Waals surface area contributed by atoms with Gasteiger partial charge in [0.25, 0.3) is 0 Å². The van der Waals surface area contributed by atoms with E-state index in [0.717, 1.165) is 6.42 Å². The molecule has 24 heavy (non-hydrogen) atoms. The molecule has 5 atom stereocenters. The first-order chi connectivity index (χ1) is 11.3. The summed E-state index contributed by atoms with van der Waals surface area (Å²) in [5.74, 6) is -1.35. The maximum atomic E-state index is 6.11. The first-order valence-corrected chi connectivity index (χ1v) is 9.48. The lowest BCUT2D eigenvalue weighted by Crippen LogP contribution is -2.43. The summed E-state index contributed by atoms with van der Waals surface area (Å²) >= 11 is 0. The monoisotopic (exact) mass is 364 g/mol. The fraction of sp³-hybridized carbons (Fsp3) is 1.00. The molecule has 0 bridgehead atoms. The number of fused-ring (bicyclic) bond motifs is 1. The predicted octanol–water partition coefficient (Wildman–Crippen LogP) is 2.06. The van der Waals surface area contributed by atoms with Crippen LogP contribution in [0.3, 0.4) is 0 Å². The molecule has 0 spiro atoms. The van der Waals surface area contributed by atoms with E-state index in [4.69, 9.17) is 37.3 Å². The molecule has 9 heteroatoms. The summed E-state index contributed by atoms with van der Waals surface area (Å²) in [4.78, 5) is 0. The van der Waals surface area contributed by atoms with Gasteiger partial charge < -0.3 is 37.3 Å². The van der Waals surface area contributed by atoms with Gasteiger partial charge in [-0.15, -0.1) is 0 Å². The minimum atomic E-state index is -1.41. The van der Waals surface area contributed by atoms with E-state index < -0.39 is 32.6 Å². The van der Waals surface area contributed by atoms with Gasteiger partial charge in [-0.1, -0.05) is 0 Å². The molecule has 0 N–H and O–H groups in total. The Bertz CT molecular complexity index is 466. The zero-order chi connectivity index (χ0) is 16.9. The lowest BCUT2D eigenvalue weighted by Gasteiger charge is -2.31. The molecule has 0 unspecified atom stereocenters. The van der Waals surface area contributed by atoms with E-state index in [-0.39, 0.29) is 18.3 Å². The third-order valence-electron chi connectivity index (χ3n) is 4.31. The molecule has 0 aromatic carbocycles. The van der Waals surface area contributed by atoms with Crippen molar-refractivity contribution < 1.29 is 37.3 Å². The van der Waals surface area contributed by atoms with Gasteiger partial charge in [0.05, 0.1) is 19.8 Å². The molecule has 4 aliphatic rings. The van der Waals surface area contributed by atoms with Gasteiger partial charge >= 0.3 is 8.60 Å². The van der Waals surface area contributed by atoms with Crippen molar-refractivity contribution in [1.29, 1.82) is 0 Å². The Kier molecular flexibility index (Phi) is 4.65. The number of rotatable bonds is 3. The Morgan fingerprint density at radius 3 is 2.33 bits per heavy atom. The Hall–Kier alpha value is 0.110. The van der Waals surface area contributed by atoms with Crippen LogP contribution in [0, 0.1) is 0 Å². The number of ether oxygens (including phenoxy) is 5. The average Bonchev–Trinajstić information content (AvgIpc) is 3.11. The topological polar surface area (TPSA) is 73.8 Å². The van der Waals surface area contributed by atoms with Gasteiger partial charge in [-0.2, -0.15) is 0 Å². The van der Waals surface area contributed by atoms with E-state index in [1.165, 1.54) is 0 Å². The third-order valence-corrected chi connectivity index (χ3v) is 5.52. The highest BCUT2D eigenvalue weighted by atomic mass is 31.2. The molecule has 138 valence electrons. The SMILES string of the molecule is CC1(C)O[C@H]2O[C@H]([C@@H]3COC(C)(C)O3)[C@H](OP3OCCCO3)[C@H]2O1. The maximum absolute atomic E-state index is 6.11. The molecular formula is C15H25O8P. The predicted molar refractivity (Wildman–Crippen MR) is 81.9 cm³/mol. The minimum absolute atomic E-state index is 0.259. The summed E-state index contributed by atoms with van der Waals surface area (Å²) in [7, 11) is -1.41. The molecule has 0 saturated carbocycles. The van der Waals surface area contributed by atoms with Crippen LogP contribution in [0.25, 0.3) is 0 Å². The fourth-order valence-electron chi connectivity index (χ4n) is 3.34. The van der Waals surface area contributed by atoms with Gasteiger partial charge in [0.1, 0.15) is 24.4 Å². The fourth-order valence-corrected chi connectivity index (χ4v) is 4.53. The first kappa shape index (κ1) is 17.5. The Balaban J connectivity index is 1.50. The summed E-state index contributed by atoms with van der Waals surface area (Å²) in [5, 5.41) is 0. The van der Waals surface area contributed by atoms with E-state index >= 15 is 0 Å². The van der Waals surface area contributed by atoms with Crippen LogP contribution in [-0.2, 0) is 37.3 Å². The van der Waals surface area contributed by atoms with Gasteiger partial charge in [0.2, 0.25) is 0 Å². The molecule has 4 aliphatic heterocycles. The zero-order valence-corrected chi connectivity index (χ0v) is 15.3. The molecule has 0 radical (unpaired) electrons. The summed E-state index contributed by atoms with van der Waals surface area (Å²) in [6.07, 6.45) is -1.00. The summed E-state index contributed by atoms with van der Waals surface area (Å²) in [5.41, 5.74) is 0. The summed E-state index contributed by atoms with van der Waals surface area (Å²) in [6.45, 7) is 9.18. The highest BCUT2D eigenvalue weighted by Crippen LogP contribution is 2.50. The van der Waals surface area contributed by atoms with Crippen molar-refractivity contribution >= 4 is 8.60 Å². The molecule has 4 saturated heterocycles. The summed E-state index contributed by atoms with van der Waals surface area (Å²) < 4.78 is 46.8. The molecule has 4 rings (SSSR count). The van der Waals surface area contributed by atoms with Crippen molar-refractivity contribution in [2.24, 2.45) is 0 Å². The molecule has 0 amide bonds. The normalized spacial score (nSPS) is 44.8. The van der Waals surface area contributed by atoms with Crippen molar-refractivity contribution in [3.05, 3.63) is 0 Å².